The number of para-hydroxylation sites is 1. The van der Waals surface area contributed by atoms with Gasteiger partial charge in [-0.15, -0.1) is 0 Å². The average Bonchev–Trinajstić information content (AvgIpc) is 2.49. The van der Waals surface area contributed by atoms with Crippen LogP contribution in [0.5, 0.6) is 0 Å². The van der Waals surface area contributed by atoms with E-state index in [9.17, 15) is 0 Å². The first-order valence-electron chi connectivity index (χ1n) is 6.58. The summed E-state index contributed by atoms with van der Waals surface area (Å²) < 4.78 is 0. The summed E-state index contributed by atoms with van der Waals surface area (Å²) in [5.41, 5.74) is 6.35. The lowest BCUT2D eigenvalue weighted by atomic mass is 9.92. The molecule has 0 saturated heterocycles. The van der Waals surface area contributed by atoms with Gasteiger partial charge in [0.25, 0.3) is 0 Å². The Morgan fingerprint density at radius 3 is 2.32 bits per heavy atom. The third-order valence-corrected chi connectivity index (χ3v) is 3.62. The fourth-order valence-electron chi connectivity index (χ4n) is 2.59. The summed E-state index contributed by atoms with van der Waals surface area (Å²) in [6.45, 7) is 2.08. The van der Waals surface area contributed by atoms with E-state index in [1.807, 2.05) is 0 Å². The lowest BCUT2D eigenvalue weighted by Gasteiger charge is -2.29. The maximum Gasteiger partial charge on any atom is 0.0487 e. The van der Waals surface area contributed by atoms with Crippen LogP contribution in [0, 0.1) is 0 Å². The van der Waals surface area contributed by atoms with Crippen LogP contribution in [0.3, 0.4) is 0 Å². The van der Waals surface area contributed by atoms with E-state index in [2.05, 4.69) is 85.6 Å². The second kappa shape index (κ2) is 4.77. The van der Waals surface area contributed by atoms with E-state index in [-0.39, 0.29) is 0 Å². The van der Waals surface area contributed by atoms with Crippen molar-refractivity contribution < 1.29 is 0 Å². The Kier molecular flexibility index (Phi) is 2.96. The largest absolute Gasteiger partial charge is 0.344 e. The summed E-state index contributed by atoms with van der Waals surface area (Å²) >= 11 is 0. The Hall–Kier alpha value is -2.28. The Morgan fingerprint density at radius 1 is 0.895 bits per heavy atom. The van der Waals surface area contributed by atoms with Gasteiger partial charge in [-0.25, -0.2) is 0 Å². The number of fused-ring (bicyclic) bond motifs is 1. The Morgan fingerprint density at radius 2 is 1.58 bits per heavy atom. The minimum absolute atomic E-state index is 1.23. The van der Waals surface area contributed by atoms with Gasteiger partial charge < -0.3 is 4.90 Å². The van der Waals surface area contributed by atoms with Gasteiger partial charge in [-0.05, 0) is 30.2 Å². The molecular weight excluding hydrogens is 230 g/mol. The minimum Gasteiger partial charge on any atom is -0.344 e. The first kappa shape index (κ1) is 11.8. The highest BCUT2D eigenvalue weighted by Gasteiger charge is 2.19. The van der Waals surface area contributed by atoms with Crippen LogP contribution in [0.25, 0.3) is 5.57 Å². The molecule has 1 aliphatic heterocycles. The first-order valence-corrected chi connectivity index (χ1v) is 6.58. The molecule has 1 nitrogen and oxygen atoms in total. The quantitative estimate of drug-likeness (QED) is 0.718. The van der Waals surface area contributed by atoms with Gasteiger partial charge in [-0.3, -0.25) is 0 Å². The minimum atomic E-state index is 1.23. The van der Waals surface area contributed by atoms with E-state index in [4.69, 9.17) is 0 Å². The lowest BCUT2D eigenvalue weighted by Crippen LogP contribution is -2.20. The molecule has 1 heteroatoms. The zero-order valence-electron chi connectivity index (χ0n) is 11.3. The molecule has 1 heterocycles. The second-order valence-corrected chi connectivity index (χ2v) is 4.71. The summed E-state index contributed by atoms with van der Waals surface area (Å²) in [6, 6.07) is 19.1. The molecule has 3 rings (SSSR count). The van der Waals surface area contributed by atoms with E-state index < -0.39 is 0 Å². The van der Waals surface area contributed by atoms with Crippen molar-refractivity contribution >= 4 is 11.3 Å². The summed E-state index contributed by atoms with van der Waals surface area (Å²) in [5.74, 6) is 0. The number of rotatable bonds is 1. The summed E-state index contributed by atoms with van der Waals surface area (Å²) in [4.78, 5) is 2.24. The van der Waals surface area contributed by atoms with Crippen LogP contribution < -0.4 is 4.90 Å². The highest BCUT2D eigenvalue weighted by molar-refractivity contribution is 5.91. The predicted octanol–water partition coefficient (Wildman–Crippen LogP) is 4.47. The van der Waals surface area contributed by atoms with Crippen LogP contribution in [-0.2, 0) is 0 Å². The zero-order chi connectivity index (χ0) is 13.2. The topological polar surface area (TPSA) is 3.24 Å². The fraction of sp³-hybridized carbons (Fsp3) is 0.111. The molecule has 0 aromatic heterocycles. The SMILES string of the molecule is C/C=C1\C=C(c2ccccc2)c2ccccc2N1C. The van der Waals surface area contributed by atoms with Crippen LogP contribution in [0.1, 0.15) is 18.1 Å². The van der Waals surface area contributed by atoms with Crippen molar-refractivity contribution in [2.24, 2.45) is 0 Å². The van der Waals surface area contributed by atoms with Crippen molar-refractivity contribution in [3.05, 3.63) is 83.6 Å². The number of likely N-dealkylation sites (N-methyl/N-ethyl adjacent to an activating group) is 1. The molecule has 19 heavy (non-hydrogen) atoms. The molecule has 0 saturated carbocycles. The Labute approximate surface area is 114 Å². The number of allylic oxidation sites excluding steroid dienone is 2. The molecule has 1 aliphatic rings. The van der Waals surface area contributed by atoms with Crippen molar-refractivity contribution in [2.75, 3.05) is 11.9 Å². The Balaban J connectivity index is 2.23. The highest BCUT2D eigenvalue weighted by Crippen LogP contribution is 2.37. The number of hydrogen-bond donors (Lipinski definition) is 0. The molecule has 0 N–H and O–H groups in total. The smallest absolute Gasteiger partial charge is 0.0487 e. The van der Waals surface area contributed by atoms with Crippen molar-refractivity contribution in [1.82, 2.24) is 0 Å². The van der Waals surface area contributed by atoms with E-state index >= 15 is 0 Å². The lowest BCUT2D eigenvalue weighted by molar-refractivity contribution is 1.11. The molecule has 2 aromatic rings. The fourth-order valence-corrected chi connectivity index (χ4v) is 2.59. The van der Waals surface area contributed by atoms with Gasteiger partial charge >= 0.3 is 0 Å². The number of anilines is 1. The number of nitrogens with zero attached hydrogens (tertiary/aromatic N) is 1. The normalized spacial score (nSPS) is 16.2. The van der Waals surface area contributed by atoms with Gasteiger partial charge in [0, 0.05) is 24.0 Å². The van der Waals surface area contributed by atoms with Crippen molar-refractivity contribution in [3.8, 4) is 0 Å². The number of hydrogen-bond acceptors (Lipinski definition) is 1. The van der Waals surface area contributed by atoms with Gasteiger partial charge in [0.15, 0.2) is 0 Å². The molecule has 0 radical (unpaired) electrons. The summed E-state index contributed by atoms with van der Waals surface area (Å²) in [5, 5.41) is 0. The van der Waals surface area contributed by atoms with Crippen molar-refractivity contribution in [3.63, 3.8) is 0 Å². The molecule has 94 valence electrons. The monoisotopic (exact) mass is 247 g/mol. The molecule has 0 aliphatic carbocycles. The highest BCUT2D eigenvalue weighted by atomic mass is 15.1. The maximum atomic E-state index is 2.26. The molecule has 0 spiro atoms. The third-order valence-electron chi connectivity index (χ3n) is 3.62. The molecule has 0 fully saturated rings. The first-order chi connectivity index (χ1) is 9.31. The van der Waals surface area contributed by atoms with Crippen molar-refractivity contribution in [1.29, 1.82) is 0 Å². The van der Waals surface area contributed by atoms with E-state index in [1.54, 1.807) is 0 Å². The number of benzene rings is 2. The van der Waals surface area contributed by atoms with E-state index in [0.29, 0.717) is 0 Å². The van der Waals surface area contributed by atoms with Crippen LogP contribution in [-0.4, -0.2) is 7.05 Å². The standard InChI is InChI=1S/C18H17N/c1-3-15-13-17(14-9-5-4-6-10-14)16-11-7-8-12-18(16)19(15)2/h3-13H,1-2H3/b15-3+. The molecular formula is C18H17N. The third kappa shape index (κ3) is 1.97. The van der Waals surface area contributed by atoms with Crippen LogP contribution >= 0.6 is 0 Å². The molecule has 0 atom stereocenters. The van der Waals surface area contributed by atoms with Gasteiger partial charge in [0.2, 0.25) is 0 Å². The van der Waals surface area contributed by atoms with Gasteiger partial charge in [-0.1, -0.05) is 54.6 Å². The Bertz CT molecular complexity index is 650. The predicted molar refractivity (Wildman–Crippen MR) is 82.1 cm³/mol. The summed E-state index contributed by atoms with van der Waals surface area (Å²) in [7, 11) is 2.12. The second-order valence-electron chi connectivity index (χ2n) is 4.71. The molecule has 0 unspecified atom stereocenters. The van der Waals surface area contributed by atoms with Crippen LogP contribution in [0.4, 0.5) is 5.69 Å². The summed E-state index contributed by atoms with van der Waals surface area (Å²) in [6.07, 6.45) is 4.41. The van der Waals surface area contributed by atoms with Gasteiger partial charge in [0.05, 0.1) is 0 Å². The molecule has 2 aromatic carbocycles. The van der Waals surface area contributed by atoms with Crippen LogP contribution in [0.15, 0.2) is 72.4 Å². The molecule has 0 bridgehead atoms. The molecule has 0 amide bonds. The maximum absolute atomic E-state index is 2.26. The van der Waals surface area contributed by atoms with E-state index in [0.717, 1.165) is 0 Å². The average molecular weight is 247 g/mol. The van der Waals surface area contributed by atoms with Gasteiger partial charge in [0.1, 0.15) is 0 Å². The van der Waals surface area contributed by atoms with Crippen LogP contribution in [0.2, 0.25) is 0 Å². The zero-order valence-corrected chi connectivity index (χ0v) is 11.3. The van der Waals surface area contributed by atoms with Crippen molar-refractivity contribution in [2.45, 2.75) is 6.92 Å². The van der Waals surface area contributed by atoms with E-state index in [1.165, 1.54) is 28.1 Å². The van der Waals surface area contributed by atoms with Gasteiger partial charge in [-0.2, -0.15) is 0 Å².